The number of nitrogens with zero attached hydrogens (tertiary/aromatic N) is 2. The fourth-order valence-corrected chi connectivity index (χ4v) is 1.40. The Morgan fingerprint density at radius 2 is 2.11 bits per heavy atom. The second-order valence-corrected chi connectivity index (χ2v) is 5.22. The Hall–Kier alpha value is -1.89. The van der Waals surface area contributed by atoms with E-state index in [1.807, 2.05) is 20.8 Å². The van der Waals surface area contributed by atoms with E-state index < -0.39 is 6.03 Å². The third kappa shape index (κ3) is 4.06. The van der Waals surface area contributed by atoms with Gasteiger partial charge >= 0.3 is 6.03 Å². The highest BCUT2D eigenvalue weighted by atomic mass is 16.5. The first-order valence-corrected chi connectivity index (χ1v) is 6.02. The average molecular weight is 268 g/mol. The Morgan fingerprint density at radius 3 is 2.53 bits per heavy atom. The van der Waals surface area contributed by atoms with Crippen LogP contribution >= 0.6 is 0 Å². The quantitative estimate of drug-likeness (QED) is 0.860. The van der Waals surface area contributed by atoms with Crippen LogP contribution < -0.4 is 11.1 Å². The number of hydrogen-bond acceptors (Lipinski definition) is 5. The van der Waals surface area contributed by atoms with Crippen molar-refractivity contribution < 1.29 is 14.1 Å². The summed E-state index contributed by atoms with van der Waals surface area (Å²) in [6.07, 6.45) is 0. The predicted octanol–water partition coefficient (Wildman–Crippen LogP) is 1.31. The van der Waals surface area contributed by atoms with Gasteiger partial charge in [-0.2, -0.15) is 0 Å². The van der Waals surface area contributed by atoms with E-state index in [2.05, 4.69) is 10.5 Å². The van der Waals surface area contributed by atoms with Crippen LogP contribution in [-0.2, 0) is 10.2 Å². The summed E-state index contributed by atoms with van der Waals surface area (Å²) in [6.45, 7) is 7.57. The lowest BCUT2D eigenvalue weighted by molar-refractivity contribution is -0.125. The number of carbonyl (C=O) groups excluding carboxylic acids is 2. The molecule has 0 radical (unpaired) electrons. The maximum absolute atomic E-state index is 11.9. The van der Waals surface area contributed by atoms with Gasteiger partial charge in [0.15, 0.2) is 5.82 Å². The van der Waals surface area contributed by atoms with Gasteiger partial charge in [-0.1, -0.05) is 25.9 Å². The summed E-state index contributed by atoms with van der Waals surface area (Å²) in [5.41, 5.74) is 5.15. The van der Waals surface area contributed by atoms with E-state index in [0.29, 0.717) is 5.76 Å². The number of anilines is 1. The molecule has 0 saturated carbocycles. The van der Waals surface area contributed by atoms with Crippen LogP contribution in [0.15, 0.2) is 10.6 Å². The Morgan fingerprint density at radius 1 is 1.47 bits per heavy atom. The Bertz CT molecular complexity index is 462. The van der Waals surface area contributed by atoms with E-state index in [1.54, 1.807) is 6.07 Å². The van der Waals surface area contributed by atoms with Gasteiger partial charge in [-0.15, -0.1) is 0 Å². The van der Waals surface area contributed by atoms with Crippen LogP contribution in [0.2, 0.25) is 0 Å². The third-order valence-electron chi connectivity index (χ3n) is 2.46. The Balaban J connectivity index is 2.76. The summed E-state index contributed by atoms with van der Waals surface area (Å²) < 4.78 is 5.14. The topological polar surface area (TPSA) is 101 Å². The lowest BCUT2D eigenvalue weighted by Gasteiger charge is -2.17. The first kappa shape index (κ1) is 15.2. The molecular weight excluding hydrogens is 248 g/mol. The lowest BCUT2D eigenvalue weighted by Crippen LogP contribution is -2.41. The van der Waals surface area contributed by atoms with E-state index >= 15 is 0 Å². The second kappa shape index (κ2) is 5.83. The van der Waals surface area contributed by atoms with Crippen molar-refractivity contribution in [2.24, 2.45) is 5.73 Å². The molecule has 0 fully saturated rings. The Labute approximate surface area is 112 Å². The molecule has 7 heteroatoms. The molecule has 0 spiro atoms. The highest BCUT2D eigenvalue weighted by Gasteiger charge is 2.22. The summed E-state index contributed by atoms with van der Waals surface area (Å²) in [6, 6.07) is 1.07. The highest BCUT2D eigenvalue weighted by Crippen LogP contribution is 2.24. The van der Waals surface area contributed by atoms with Crippen LogP contribution in [0.25, 0.3) is 0 Å². The van der Waals surface area contributed by atoms with Gasteiger partial charge in [0, 0.05) is 31.5 Å². The minimum absolute atomic E-state index is 0.158. The normalized spacial score (nSPS) is 11.2. The number of urea groups is 1. The zero-order chi connectivity index (χ0) is 14.6. The molecule has 106 valence electrons. The number of amides is 3. The van der Waals surface area contributed by atoms with E-state index in [9.17, 15) is 9.59 Å². The number of rotatable bonds is 3. The summed E-state index contributed by atoms with van der Waals surface area (Å²) in [5, 5.41) is 6.25. The molecule has 1 rings (SSSR count). The SMILES string of the molecule is CC(=O)N(CCN)C(=O)Nc1cc(C(C)(C)C)on1. The van der Waals surface area contributed by atoms with Crippen molar-refractivity contribution in [1.29, 1.82) is 0 Å². The molecule has 1 aromatic rings. The minimum atomic E-state index is -0.563. The van der Waals surface area contributed by atoms with Gasteiger partial charge in [0.2, 0.25) is 5.91 Å². The minimum Gasteiger partial charge on any atom is -0.359 e. The maximum atomic E-state index is 11.9. The van der Waals surface area contributed by atoms with Crippen LogP contribution in [0.5, 0.6) is 0 Å². The fourth-order valence-electron chi connectivity index (χ4n) is 1.40. The molecule has 1 aromatic heterocycles. The maximum Gasteiger partial charge on any atom is 0.329 e. The molecule has 0 aliphatic heterocycles. The molecule has 0 atom stereocenters. The van der Waals surface area contributed by atoms with Gasteiger partial charge in [0.1, 0.15) is 5.76 Å². The predicted molar refractivity (Wildman–Crippen MR) is 70.7 cm³/mol. The molecule has 3 N–H and O–H groups in total. The molecule has 1 heterocycles. The van der Waals surface area contributed by atoms with Crippen LogP contribution in [0.4, 0.5) is 10.6 Å². The lowest BCUT2D eigenvalue weighted by atomic mass is 9.93. The van der Waals surface area contributed by atoms with Crippen molar-refractivity contribution in [3.63, 3.8) is 0 Å². The number of hydrogen-bond donors (Lipinski definition) is 2. The highest BCUT2D eigenvalue weighted by molar-refractivity contribution is 6.00. The van der Waals surface area contributed by atoms with Crippen molar-refractivity contribution in [1.82, 2.24) is 10.1 Å². The Kier molecular flexibility index (Phi) is 4.66. The van der Waals surface area contributed by atoms with Gasteiger partial charge in [0.25, 0.3) is 0 Å². The van der Waals surface area contributed by atoms with Crippen molar-refractivity contribution >= 4 is 17.8 Å². The molecule has 0 aliphatic carbocycles. The van der Waals surface area contributed by atoms with Crippen molar-refractivity contribution in [2.45, 2.75) is 33.1 Å². The van der Waals surface area contributed by atoms with Gasteiger partial charge in [-0.25, -0.2) is 4.79 Å². The van der Waals surface area contributed by atoms with E-state index in [1.165, 1.54) is 6.92 Å². The zero-order valence-electron chi connectivity index (χ0n) is 11.7. The molecular formula is C12H20N4O3. The van der Waals surface area contributed by atoms with E-state index in [4.69, 9.17) is 10.3 Å². The van der Waals surface area contributed by atoms with Crippen LogP contribution in [-0.4, -0.2) is 35.1 Å². The standard InChI is InChI=1S/C12H20N4O3/c1-8(17)16(6-5-13)11(18)14-10-7-9(19-15-10)12(2,3)4/h7H,5-6,13H2,1-4H3,(H,14,15,18). The summed E-state index contributed by atoms with van der Waals surface area (Å²) in [4.78, 5) is 24.2. The summed E-state index contributed by atoms with van der Waals surface area (Å²) in [7, 11) is 0. The first-order chi connectivity index (χ1) is 8.75. The second-order valence-electron chi connectivity index (χ2n) is 5.22. The number of aromatic nitrogens is 1. The van der Waals surface area contributed by atoms with Crippen molar-refractivity contribution in [3.05, 3.63) is 11.8 Å². The molecule has 0 aromatic carbocycles. The molecule has 0 saturated heterocycles. The monoisotopic (exact) mass is 268 g/mol. The molecule has 0 unspecified atom stereocenters. The first-order valence-electron chi connectivity index (χ1n) is 6.02. The van der Waals surface area contributed by atoms with Gasteiger partial charge in [0.05, 0.1) is 0 Å². The average Bonchev–Trinajstić information content (AvgIpc) is 2.73. The third-order valence-corrected chi connectivity index (χ3v) is 2.46. The van der Waals surface area contributed by atoms with E-state index in [0.717, 1.165) is 4.90 Å². The molecule has 7 nitrogen and oxygen atoms in total. The van der Waals surface area contributed by atoms with Crippen LogP contribution in [0.1, 0.15) is 33.5 Å². The zero-order valence-corrected chi connectivity index (χ0v) is 11.7. The molecule has 0 aliphatic rings. The van der Waals surface area contributed by atoms with Crippen LogP contribution in [0.3, 0.4) is 0 Å². The van der Waals surface area contributed by atoms with Gasteiger partial charge in [-0.3, -0.25) is 15.0 Å². The molecule has 3 amide bonds. The van der Waals surface area contributed by atoms with E-state index in [-0.39, 0.29) is 30.2 Å². The molecule has 0 bridgehead atoms. The van der Waals surface area contributed by atoms with Crippen molar-refractivity contribution in [3.8, 4) is 0 Å². The fraction of sp³-hybridized carbons (Fsp3) is 0.583. The molecule has 19 heavy (non-hydrogen) atoms. The van der Waals surface area contributed by atoms with Gasteiger partial charge in [-0.05, 0) is 0 Å². The number of imide groups is 1. The largest absolute Gasteiger partial charge is 0.359 e. The smallest absolute Gasteiger partial charge is 0.329 e. The summed E-state index contributed by atoms with van der Waals surface area (Å²) >= 11 is 0. The van der Waals surface area contributed by atoms with Crippen LogP contribution in [0, 0.1) is 0 Å². The summed E-state index contributed by atoms with van der Waals surface area (Å²) in [5.74, 6) is 0.552. The number of nitrogens with one attached hydrogen (secondary N) is 1. The number of carbonyl (C=O) groups is 2. The van der Waals surface area contributed by atoms with Gasteiger partial charge < -0.3 is 10.3 Å². The number of nitrogens with two attached hydrogens (primary N) is 1. The van der Waals surface area contributed by atoms with Crippen molar-refractivity contribution in [2.75, 3.05) is 18.4 Å².